The first-order valence-electron chi connectivity index (χ1n) is 12.1. The van der Waals surface area contributed by atoms with E-state index in [1.165, 1.54) is 107 Å². The minimum absolute atomic E-state index is 0.172. The molecule has 0 aliphatic heterocycles. The van der Waals surface area contributed by atoms with Crippen LogP contribution in [-0.4, -0.2) is 0 Å². The van der Waals surface area contributed by atoms with Crippen LogP contribution in [0.5, 0.6) is 0 Å². The Morgan fingerprint density at radius 2 is 1.17 bits per heavy atom. The lowest BCUT2D eigenvalue weighted by molar-refractivity contribution is 0.302. The Morgan fingerprint density at radius 1 is 0.655 bits per heavy atom. The molecule has 0 atom stereocenters. The highest BCUT2D eigenvalue weighted by Gasteiger charge is 2.22. The highest BCUT2D eigenvalue weighted by atomic mass is 19.1. The van der Waals surface area contributed by atoms with Crippen LogP contribution in [0.3, 0.4) is 0 Å². The van der Waals surface area contributed by atoms with Gasteiger partial charge in [-0.2, -0.15) is 0 Å². The van der Waals surface area contributed by atoms with Crippen molar-refractivity contribution in [1.82, 2.24) is 0 Å². The number of hydrogen-bond donors (Lipinski definition) is 0. The van der Waals surface area contributed by atoms with E-state index >= 15 is 0 Å². The molecule has 3 rings (SSSR count). The summed E-state index contributed by atoms with van der Waals surface area (Å²) in [4.78, 5) is 0. The van der Waals surface area contributed by atoms with E-state index in [1.807, 2.05) is 12.1 Å². The molecular formula is C28H39F. The molecule has 1 heteroatoms. The van der Waals surface area contributed by atoms with Crippen LogP contribution in [0, 0.1) is 11.7 Å². The fraction of sp³-hybridized carbons (Fsp3) is 0.571. The van der Waals surface area contributed by atoms with Crippen molar-refractivity contribution in [2.75, 3.05) is 0 Å². The van der Waals surface area contributed by atoms with Gasteiger partial charge < -0.3 is 0 Å². The van der Waals surface area contributed by atoms with Crippen molar-refractivity contribution in [3.63, 3.8) is 0 Å². The summed E-state index contributed by atoms with van der Waals surface area (Å²) in [6, 6.07) is 15.8. The van der Waals surface area contributed by atoms with Gasteiger partial charge in [0.05, 0.1) is 0 Å². The average molecular weight is 395 g/mol. The maximum absolute atomic E-state index is 13.1. The van der Waals surface area contributed by atoms with Crippen LogP contribution in [0.4, 0.5) is 4.39 Å². The summed E-state index contributed by atoms with van der Waals surface area (Å²) in [7, 11) is 0. The monoisotopic (exact) mass is 394 g/mol. The highest BCUT2D eigenvalue weighted by molar-refractivity contribution is 5.63. The van der Waals surface area contributed by atoms with Gasteiger partial charge in [-0.1, -0.05) is 101 Å². The fourth-order valence-corrected chi connectivity index (χ4v) is 4.94. The maximum Gasteiger partial charge on any atom is 0.123 e. The van der Waals surface area contributed by atoms with Crippen LogP contribution in [-0.2, 0) is 0 Å². The van der Waals surface area contributed by atoms with Crippen LogP contribution in [0.15, 0.2) is 48.5 Å². The molecule has 1 fully saturated rings. The standard InChI is InChI=1S/C28H39F/c1-2-3-4-5-6-7-8-9-10-23-11-13-24(14-12-23)25-15-17-26(18-16-25)27-19-21-28(29)22-20-27/h15-24H,2-14H2,1H3/t23-,24-. The van der Waals surface area contributed by atoms with Crippen LogP contribution in [0.25, 0.3) is 11.1 Å². The van der Waals surface area contributed by atoms with Gasteiger partial charge in [-0.3, -0.25) is 0 Å². The smallest absolute Gasteiger partial charge is 0.123 e. The first-order valence-corrected chi connectivity index (χ1v) is 12.1. The summed E-state index contributed by atoms with van der Waals surface area (Å²) in [5.74, 6) is 1.52. The SMILES string of the molecule is CCCCCCCCCC[C@H]1CC[C@H](c2ccc(-c3ccc(F)cc3)cc2)CC1. The molecule has 1 saturated carbocycles. The molecule has 0 spiro atoms. The van der Waals surface area contributed by atoms with Gasteiger partial charge in [0, 0.05) is 0 Å². The Labute approximate surface area is 177 Å². The summed E-state index contributed by atoms with van der Waals surface area (Å²) < 4.78 is 13.1. The van der Waals surface area contributed by atoms with E-state index in [4.69, 9.17) is 0 Å². The molecule has 1 aliphatic carbocycles. The van der Waals surface area contributed by atoms with Crippen molar-refractivity contribution < 1.29 is 4.39 Å². The van der Waals surface area contributed by atoms with E-state index in [0.29, 0.717) is 0 Å². The molecule has 2 aromatic carbocycles. The summed E-state index contributed by atoms with van der Waals surface area (Å²) in [5, 5.41) is 0. The lowest BCUT2D eigenvalue weighted by atomic mass is 9.77. The Morgan fingerprint density at radius 3 is 1.76 bits per heavy atom. The molecule has 0 N–H and O–H groups in total. The first-order chi connectivity index (χ1) is 14.3. The normalized spacial score (nSPS) is 19.4. The third kappa shape index (κ3) is 7.28. The quantitative estimate of drug-likeness (QED) is 0.333. The van der Waals surface area contributed by atoms with Crippen LogP contribution >= 0.6 is 0 Å². The van der Waals surface area contributed by atoms with Crippen molar-refractivity contribution in [2.24, 2.45) is 5.92 Å². The molecule has 0 saturated heterocycles. The molecule has 0 heterocycles. The zero-order valence-corrected chi connectivity index (χ0v) is 18.3. The molecule has 0 aromatic heterocycles. The highest BCUT2D eigenvalue weighted by Crippen LogP contribution is 2.38. The van der Waals surface area contributed by atoms with E-state index in [1.54, 1.807) is 0 Å². The van der Waals surface area contributed by atoms with E-state index in [-0.39, 0.29) is 5.82 Å². The van der Waals surface area contributed by atoms with Crippen molar-refractivity contribution in [1.29, 1.82) is 0 Å². The second-order valence-corrected chi connectivity index (χ2v) is 9.11. The number of benzene rings is 2. The Balaban J connectivity index is 1.34. The predicted octanol–water partition coefficient (Wildman–Crippen LogP) is 9.30. The lowest BCUT2D eigenvalue weighted by Crippen LogP contribution is -2.13. The van der Waals surface area contributed by atoms with E-state index in [9.17, 15) is 4.39 Å². The van der Waals surface area contributed by atoms with Gasteiger partial charge in [0.1, 0.15) is 5.82 Å². The minimum Gasteiger partial charge on any atom is -0.207 e. The zero-order chi connectivity index (χ0) is 20.3. The van der Waals surface area contributed by atoms with Gasteiger partial charge in [0.25, 0.3) is 0 Å². The second kappa shape index (κ2) is 12.2. The molecule has 0 radical (unpaired) electrons. The molecule has 1 aliphatic rings. The molecular weight excluding hydrogens is 355 g/mol. The van der Waals surface area contributed by atoms with Crippen molar-refractivity contribution in [3.05, 3.63) is 59.9 Å². The Kier molecular flexibility index (Phi) is 9.25. The van der Waals surface area contributed by atoms with Gasteiger partial charge in [-0.05, 0) is 66.3 Å². The van der Waals surface area contributed by atoms with Crippen molar-refractivity contribution >= 4 is 0 Å². The summed E-state index contributed by atoms with van der Waals surface area (Å²) in [6.07, 6.45) is 18.4. The third-order valence-corrected chi connectivity index (χ3v) is 6.87. The number of halogens is 1. The summed E-state index contributed by atoms with van der Waals surface area (Å²) in [6.45, 7) is 2.29. The topological polar surface area (TPSA) is 0 Å². The first kappa shape index (κ1) is 22.1. The number of rotatable bonds is 11. The molecule has 29 heavy (non-hydrogen) atoms. The van der Waals surface area contributed by atoms with Crippen molar-refractivity contribution in [2.45, 2.75) is 96.3 Å². The Bertz CT molecular complexity index is 677. The van der Waals surface area contributed by atoms with Crippen LogP contribution < -0.4 is 0 Å². The van der Waals surface area contributed by atoms with Gasteiger partial charge in [0.15, 0.2) is 0 Å². The molecule has 158 valence electrons. The second-order valence-electron chi connectivity index (χ2n) is 9.11. The third-order valence-electron chi connectivity index (χ3n) is 6.87. The molecule has 0 unspecified atom stereocenters. The number of hydrogen-bond acceptors (Lipinski definition) is 0. The van der Waals surface area contributed by atoms with Crippen LogP contribution in [0.2, 0.25) is 0 Å². The molecule has 0 bridgehead atoms. The van der Waals surface area contributed by atoms with Crippen LogP contribution in [0.1, 0.15) is 102 Å². The predicted molar refractivity (Wildman–Crippen MR) is 124 cm³/mol. The zero-order valence-electron chi connectivity index (χ0n) is 18.3. The van der Waals surface area contributed by atoms with E-state index in [0.717, 1.165) is 17.4 Å². The molecule has 0 amide bonds. The summed E-state index contributed by atoms with van der Waals surface area (Å²) >= 11 is 0. The van der Waals surface area contributed by atoms with E-state index < -0.39 is 0 Å². The van der Waals surface area contributed by atoms with Crippen molar-refractivity contribution in [3.8, 4) is 11.1 Å². The Hall–Kier alpha value is -1.63. The minimum atomic E-state index is -0.172. The van der Waals surface area contributed by atoms with Gasteiger partial charge >= 0.3 is 0 Å². The fourth-order valence-electron chi connectivity index (χ4n) is 4.94. The molecule has 0 nitrogen and oxygen atoms in total. The summed E-state index contributed by atoms with van der Waals surface area (Å²) in [5.41, 5.74) is 3.76. The van der Waals surface area contributed by atoms with Gasteiger partial charge in [-0.25, -0.2) is 4.39 Å². The maximum atomic E-state index is 13.1. The number of unbranched alkanes of at least 4 members (excludes halogenated alkanes) is 7. The average Bonchev–Trinajstić information content (AvgIpc) is 2.77. The van der Waals surface area contributed by atoms with Gasteiger partial charge in [0.2, 0.25) is 0 Å². The lowest BCUT2D eigenvalue weighted by Gasteiger charge is -2.29. The largest absolute Gasteiger partial charge is 0.207 e. The van der Waals surface area contributed by atoms with Gasteiger partial charge in [-0.15, -0.1) is 0 Å². The van der Waals surface area contributed by atoms with E-state index in [2.05, 4.69) is 31.2 Å². The molecule has 2 aromatic rings.